The fourth-order valence-electron chi connectivity index (χ4n) is 4.18. The molecule has 6 aromatic rings. The van der Waals surface area contributed by atoms with Crippen molar-refractivity contribution >= 4 is 78.8 Å². The van der Waals surface area contributed by atoms with E-state index in [4.69, 9.17) is 48.9 Å². The third-order valence-corrected chi connectivity index (χ3v) is 7.45. The second kappa shape index (κ2) is 11.1. The van der Waals surface area contributed by atoms with Crippen LogP contribution in [0.25, 0.3) is 33.5 Å². The Morgan fingerprint density at radius 2 is 1.75 bits per heavy atom. The van der Waals surface area contributed by atoms with Gasteiger partial charge in [-0.1, -0.05) is 68.9 Å². The Balaban J connectivity index is 1.43. The number of aromatic nitrogens is 2. The van der Waals surface area contributed by atoms with E-state index in [1.54, 1.807) is 54.6 Å². The number of ether oxygens (including phenoxy) is 1. The Labute approximate surface area is 251 Å². The molecule has 40 heavy (non-hydrogen) atoms. The van der Waals surface area contributed by atoms with Gasteiger partial charge in [-0.3, -0.25) is 4.79 Å². The maximum Gasteiger partial charge on any atom is 0.282 e. The largest absolute Gasteiger partial charge is 0.488 e. The summed E-state index contributed by atoms with van der Waals surface area (Å²) in [6.45, 7) is 0.190. The van der Waals surface area contributed by atoms with Crippen molar-refractivity contribution in [1.82, 2.24) is 9.66 Å². The molecule has 0 N–H and O–H groups in total. The number of fused-ring (bicyclic) bond motifs is 2. The van der Waals surface area contributed by atoms with E-state index in [1.807, 2.05) is 30.3 Å². The molecule has 10 heteroatoms. The summed E-state index contributed by atoms with van der Waals surface area (Å²) in [5.41, 5.74) is 2.15. The fraction of sp³-hybridized carbons (Fsp3) is 0.0333. The third kappa shape index (κ3) is 5.38. The molecule has 0 amide bonds. The Kier molecular flexibility index (Phi) is 7.38. The summed E-state index contributed by atoms with van der Waals surface area (Å²) in [4.78, 5) is 18.3. The van der Waals surface area contributed by atoms with Gasteiger partial charge in [0.1, 0.15) is 17.9 Å². The lowest BCUT2D eigenvalue weighted by molar-refractivity contribution is 0.306. The molecule has 0 spiro atoms. The van der Waals surface area contributed by atoms with E-state index in [9.17, 15) is 4.79 Å². The molecule has 0 aliphatic carbocycles. The normalized spacial score (nSPS) is 11.6. The Hall–Kier alpha value is -3.62. The summed E-state index contributed by atoms with van der Waals surface area (Å²) in [6.07, 6.45) is 1.51. The Morgan fingerprint density at radius 3 is 2.60 bits per heavy atom. The molecule has 0 unspecified atom stereocenters. The number of hydrogen-bond acceptors (Lipinski definition) is 5. The van der Waals surface area contributed by atoms with Gasteiger partial charge in [0.15, 0.2) is 5.76 Å². The van der Waals surface area contributed by atoms with Gasteiger partial charge in [0.25, 0.3) is 5.56 Å². The van der Waals surface area contributed by atoms with Crippen molar-refractivity contribution < 1.29 is 9.15 Å². The van der Waals surface area contributed by atoms with Crippen LogP contribution in [0, 0.1) is 0 Å². The summed E-state index contributed by atoms with van der Waals surface area (Å²) in [7, 11) is 0. The smallest absolute Gasteiger partial charge is 0.282 e. The molecule has 0 fully saturated rings. The number of halogens is 4. The molecular formula is C30H17BrCl3N3O3. The van der Waals surface area contributed by atoms with Crippen molar-refractivity contribution in [3.8, 4) is 17.3 Å². The van der Waals surface area contributed by atoms with E-state index in [2.05, 4.69) is 21.0 Å². The van der Waals surface area contributed by atoms with Crippen LogP contribution < -0.4 is 10.3 Å². The van der Waals surface area contributed by atoms with Crippen LogP contribution >= 0.6 is 50.7 Å². The van der Waals surface area contributed by atoms with Crippen molar-refractivity contribution in [2.75, 3.05) is 0 Å². The number of hydrogen-bond donors (Lipinski definition) is 0. The average molecular weight is 654 g/mol. The number of rotatable bonds is 6. The molecule has 0 radical (unpaired) electrons. The third-order valence-electron chi connectivity index (χ3n) is 6.13. The minimum Gasteiger partial charge on any atom is -0.488 e. The second-order valence-electron chi connectivity index (χ2n) is 8.81. The highest BCUT2D eigenvalue weighted by molar-refractivity contribution is 9.10. The molecule has 0 aliphatic rings. The molecule has 0 bridgehead atoms. The molecule has 6 nitrogen and oxygen atoms in total. The zero-order valence-corrected chi connectivity index (χ0v) is 24.3. The molecule has 0 saturated heterocycles. The van der Waals surface area contributed by atoms with Gasteiger partial charge in [-0.25, -0.2) is 4.98 Å². The number of furan rings is 1. The van der Waals surface area contributed by atoms with Crippen molar-refractivity contribution in [3.63, 3.8) is 0 Å². The minimum absolute atomic E-state index is 0.190. The van der Waals surface area contributed by atoms with E-state index in [0.717, 1.165) is 15.4 Å². The average Bonchev–Trinajstić information content (AvgIpc) is 3.36. The molecule has 0 saturated carbocycles. The highest BCUT2D eigenvalue weighted by atomic mass is 79.9. The summed E-state index contributed by atoms with van der Waals surface area (Å²) < 4.78 is 14.2. The van der Waals surface area contributed by atoms with Crippen molar-refractivity contribution in [2.45, 2.75) is 6.61 Å². The van der Waals surface area contributed by atoms with Crippen molar-refractivity contribution in [3.05, 3.63) is 126 Å². The van der Waals surface area contributed by atoms with Crippen LogP contribution in [-0.2, 0) is 6.61 Å². The quantitative estimate of drug-likeness (QED) is 0.168. The summed E-state index contributed by atoms with van der Waals surface area (Å²) in [5, 5.41) is 7.32. The molecule has 6 rings (SSSR count). The van der Waals surface area contributed by atoms with Crippen LogP contribution in [0.4, 0.5) is 0 Å². The zero-order chi connectivity index (χ0) is 27.8. The maximum atomic E-state index is 13.6. The Bertz CT molecular complexity index is 2000. The van der Waals surface area contributed by atoms with Gasteiger partial charge in [-0.2, -0.15) is 9.78 Å². The van der Waals surface area contributed by atoms with Crippen molar-refractivity contribution in [2.24, 2.45) is 5.10 Å². The first-order chi connectivity index (χ1) is 19.4. The van der Waals surface area contributed by atoms with Gasteiger partial charge in [-0.15, -0.1) is 0 Å². The SMILES string of the molecule is O=c1c2ccccc2nc(-c2cc3cc(Br)ccc3o2)n1N=Cc1cc(Cl)ccc1OCc1ccc(Cl)cc1Cl. The molecule has 198 valence electrons. The predicted octanol–water partition coefficient (Wildman–Crippen LogP) is 8.99. The molecular weight excluding hydrogens is 637 g/mol. The Morgan fingerprint density at radius 1 is 0.950 bits per heavy atom. The van der Waals surface area contributed by atoms with Gasteiger partial charge < -0.3 is 9.15 Å². The van der Waals surface area contributed by atoms with Gasteiger partial charge >= 0.3 is 0 Å². The van der Waals surface area contributed by atoms with E-state index in [-0.39, 0.29) is 18.0 Å². The highest BCUT2D eigenvalue weighted by Crippen LogP contribution is 2.30. The van der Waals surface area contributed by atoms with Crippen LogP contribution in [0.3, 0.4) is 0 Å². The lowest BCUT2D eigenvalue weighted by Crippen LogP contribution is -2.20. The van der Waals surface area contributed by atoms with Crippen LogP contribution in [-0.4, -0.2) is 15.9 Å². The lowest BCUT2D eigenvalue weighted by atomic mass is 10.2. The first-order valence-corrected chi connectivity index (χ1v) is 13.9. The second-order valence-corrected chi connectivity index (χ2v) is 11.0. The van der Waals surface area contributed by atoms with Crippen molar-refractivity contribution in [1.29, 1.82) is 0 Å². The first kappa shape index (κ1) is 26.6. The van der Waals surface area contributed by atoms with E-state index in [1.165, 1.54) is 10.9 Å². The lowest BCUT2D eigenvalue weighted by Gasteiger charge is -2.11. The van der Waals surface area contributed by atoms with Gasteiger partial charge in [0.05, 0.1) is 17.1 Å². The molecule has 2 aromatic heterocycles. The first-order valence-electron chi connectivity index (χ1n) is 12.0. The van der Waals surface area contributed by atoms with E-state index >= 15 is 0 Å². The molecule has 0 atom stereocenters. The number of para-hydroxylation sites is 1. The van der Waals surface area contributed by atoms with Gasteiger partial charge in [0, 0.05) is 36.1 Å². The van der Waals surface area contributed by atoms with E-state index in [0.29, 0.717) is 48.6 Å². The monoisotopic (exact) mass is 651 g/mol. The standard InChI is InChI=1S/C30H17BrCl3N3O3/c31-20-6-9-27-18(11-20)13-28(40-27)29-36-25-4-2-1-3-23(25)30(38)37(29)35-15-19-12-21(32)8-10-26(19)39-16-17-5-7-22(33)14-24(17)34/h1-15H,16H2. The maximum absolute atomic E-state index is 13.6. The molecule has 4 aromatic carbocycles. The molecule has 0 aliphatic heterocycles. The van der Waals surface area contributed by atoms with Crippen LogP contribution in [0.15, 0.2) is 104 Å². The van der Waals surface area contributed by atoms with Crippen LogP contribution in [0.1, 0.15) is 11.1 Å². The van der Waals surface area contributed by atoms with Crippen LogP contribution in [0.5, 0.6) is 5.75 Å². The van der Waals surface area contributed by atoms with Gasteiger partial charge in [-0.05, 0) is 66.7 Å². The number of benzene rings is 4. The summed E-state index contributed by atoms with van der Waals surface area (Å²) in [6, 6.07) is 24.9. The highest BCUT2D eigenvalue weighted by Gasteiger charge is 2.17. The topological polar surface area (TPSA) is 69.6 Å². The molecule has 2 heterocycles. The van der Waals surface area contributed by atoms with E-state index < -0.39 is 0 Å². The van der Waals surface area contributed by atoms with Crippen LogP contribution in [0.2, 0.25) is 15.1 Å². The minimum atomic E-state index is -0.351. The summed E-state index contributed by atoms with van der Waals surface area (Å²) >= 11 is 22.1. The summed E-state index contributed by atoms with van der Waals surface area (Å²) in [5.74, 6) is 1.15. The fourth-order valence-corrected chi connectivity index (χ4v) is 5.20. The predicted molar refractivity (Wildman–Crippen MR) is 164 cm³/mol. The zero-order valence-electron chi connectivity index (χ0n) is 20.4. The van der Waals surface area contributed by atoms with Gasteiger partial charge in [0.2, 0.25) is 5.82 Å². The number of nitrogens with zero attached hydrogens (tertiary/aromatic N) is 3.